The molecule has 1 fully saturated rings. The number of carbonyl (C=O) groups is 2. The Hall–Kier alpha value is -4.69. The number of carbonyl (C=O) groups excluding carboxylic acids is 2. The molecule has 11 heteroatoms. The summed E-state index contributed by atoms with van der Waals surface area (Å²) in [6.07, 6.45) is 2.83. The number of amides is 2. The van der Waals surface area contributed by atoms with Crippen molar-refractivity contribution in [1.29, 1.82) is 5.26 Å². The molecule has 0 bridgehead atoms. The minimum absolute atomic E-state index is 0.0889. The van der Waals surface area contributed by atoms with E-state index in [0.29, 0.717) is 27.6 Å². The van der Waals surface area contributed by atoms with Crippen LogP contribution in [0.3, 0.4) is 0 Å². The molecule has 3 aromatic carbocycles. The number of nitriles is 1. The first-order chi connectivity index (χ1) is 20.4. The highest BCUT2D eigenvalue weighted by Crippen LogP contribution is 2.42. The average molecular weight is 603 g/mol. The molecule has 4 aromatic rings. The number of anilines is 1. The summed E-state index contributed by atoms with van der Waals surface area (Å²) in [4.78, 5) is 26.5. The minimum atomic E-state index is -3.75. The third-order valence-electron chi connectivity index (χ3n) is 7.76. The van der Waals surface area contributed by atoms with Crippen LogP contribution in [0.25, 0.3) is 33.4 Å². The molecule has 1 aromatic heterocycles. The molecule has 1 atom stereocenters. The maximum atomic E-state index is 13.7. The maximum Gasteiger partial charge on any atom is 0.255 e. The molecule has 1 aliphatic carbocycles. The molecule has 9 nitrogen and oxygen atoms in total. The molecular formula is C32H31FN4O5S. The third-order valence-corrected chi connectivity index (χ3v) is 9.01. The quantitative estimate of drug-likeness (QED) is 0.261. The Morgan fingerprint density at radius 1 is 1.09 bits per heavy atom. The van der Waals surface area contributed by atoms with E-state index in [1.165, 1.54) is 35.6 Å². The van der Waals surface area contributed by atoms with Gasteiger partial charge in [-0.25, -0.2) is 12.8 Å². The molecule has 1 heterocycles. The Balaban J connectivity index is 1.73. The lowest BCUT2D eigenvalue weighted by molar-refractivity contribution is 0.0915. The fraction of sp³-hybridized carbons (Fsp3) is 0.281. The number of hydrogen-bond donors (Lipinski definition) is 2. The van der Waals surface area contributed by atoms with E-state index in [9.17, 15) is 27.7 Å². The van der Waals surface area contributed by atoms with Gasteiger partial charge >= 0.3 is 0 Å². The van der Waals surface area contributed by atoms with E-state index in [4.69, 9.17) is 4.42 Å². The monoisotopic (exact) mass is 602 g/mol. The first kappa shape index (κ1) is 29.8. The van der Waals surface area contributed by atoms with Crippen molar-refractivity contribution in [2.45, 2.75) is 32.2 Å². The predicted octanol–water partition coefficient (Wildman–Crippen LogP) is 5.47. The van der Waals surface area contributed by atoms with Gasteiger partial charge in [0.1, 0.15) is 22.7 Å². The van der Waals surface area contributed by atoms with Crippen molar-refractivity contribution in [2.24, 2.45) is 5.92 Å². The van der Waals surface area contributed by atoms with E-state index >= 15 is 0 Å². The van der Waals surface area contributed by atoms with E-state index < -0.39 is 33.2 Å². The SMILES string of the molecule is CCN(c1cc2oc(-c3ccc(F)cc3)c(C(=O)NC)c2cc1-c1cccc(C(=O)NC(C)(C#N)C2CC2)c1)S(C)(=O)=O. The van der Waals surface area contributed by atoms with Gasteiger partial charge in [-0.05, 0) is 80.6 Å². The second-order valence-corrected chi connectivity index (χ2v) is 12.7. The van der Waals surface area contributed by atoms with Gasteiger partial charge in [0.25, 0.3) is 11.8 Å². The van der Waals surface area contributed by atoms with Gasteiger partial charge in [0.15, 0.2) is 0 Å². The molecule has 0 saturated heterocycles. The Kier molecular flexibility index (Phi) is 7.75. The number of benzene rings is 3. The summed E-state index contributed by atoms with van der Waals surface area (Å²) in [6, 6.07) is 17.6. The highest BCUT2D eigenvalue weighted by atomic mass is 32.2. The van der Waals surface area contributed by atoms with Crippen LogP contribution in [0.1, 0.15) is 47.4 Å². The maximum absolute atomic E-state index is 13.7. The summed E-state index contributed by atoms with van der Waals surface area (Å²) in [7, 11) is -2.27. The van der Waals surface area contributed by atoms with Crippen molar-refractivity contribution in [3.63, 3.8) is 0 Å². The van der Waals surface area contributed by atoms with Crippen molar-refractivity contribution < 1.29 is 26.8 Å². The molecule has 2 N–H and O–H groups in total. The molecule has 2 amide bonds. The van der Waals surface area contributed by atoms with Crippen molar-refractivity contribution in [3.05, 3.63) is 77.6 Å². The Morgan fingerprint density at radius 3 is 2.37 bits per heavy atom. The van der Waals surface area contributed by atoms with Crippen molar-refractivity contribution >= 4 is 38.5 Å². The lowest BCUT2D eigenvalue weighted by Crippen LogP contribution is -2.46. The molecule has 1 unspecified atom stereocenters. The zero-order valence-corrected chi connectivity index (χ0v) is 25.0. The third kappa shape index (κ3) is 5.70. The number of furan rings is 1. The number of halogens is 1. The van der Waals surface area contributed by atoms with Crippen molar-refractivity contribution in [1.82, 2.24) is 10.6 Å². The predicted molar refractivity (Wildman–Crippen MR) is 163 cm³/mol. The topological polar surface area (TPSA) is 133 Å². The Labute approximate surface area is 249 Å². The van der Waals surface area contributed by atoms with Gasteiger partial charge in [-0.2, -0.15) is 5.26 Å². The number of sulfonamides is 1. The van der Waals surface area contributed by atoms with Crippen LogP contribution in [-0.2, 0) is 10.0 Å². The highest BCUT2D eigenvalue weighted by molar-refractivity contribution is 7.92. The van der Waals surface area contributed by atoms with E-state index in [0.717, 1.165) is 19.1 Å². The van der Waals surface area contributed by atoms with E-state index in [1.807, 2.05) is 0 Å². The average Bonchev–Trinajstić information content (AvgIpc) is 3.78. The number of nitrogens with one attached hydrogen (secondary N) is 2. The lowest BCUT2D eigenvalue weighted by Gasteiger charge is -2.24. The van der Waals surface area contributed by atoms with E-state index in [-0.39, 0.29) is 35.1 Å². The normalized spacial score (nSPS) is 14.5. The Morgan fingerprint density at radius 2 is 1.79 bits per heavy atom. The summed E-state index contributed by atoms with van der Waals surface area (Å²) in [6.45, 7) is 3.51. The molecular weight excluding hydrogens is 571 g/mol. The highest BCUT2D eigenvalue weighted by Gasteiger charge is 2.43. The van der Waals surface area contributed by atoms with E-state index in [1.54, 1.807) is 50.2 Å². The van der Waals surface area contributed by atoms with E-state index in [2.05, 4.69) is 16.7 Å². The smallest absolute Gasteiger partial charge is 0.255 e. The molecule has 0 aliphatic heterocycles. The van der Waals surface area contributed by atoms with Gasteiger partial charge in [0.05, 0.1) is 23.6 Å². The molecule has 5 rings (SSSR count). The lowest BCUT2D eigenvalue weighted by atomic mass is 9.95. The summed E-state index contributed by atoms with van der Waals surface area (Å²) < 4.78 is 46.8. The largest absolute Gasteiger partial charge is 0.455 e. The molecule has 222 valence electrons. The summed E-state index contributed by atoms with van der Waals surface area (Å²) in [5.74, 6) is -1.04. The van der Waals surface area contributed by atoms with Crippen LogP contribution in [0.15, 0.2) is 65.1 Å². The number of hydrogen-bond acceptors (Lipinski definition) is 6. The van der Waals surface area contributed by atoms with Crippen LogP contribution >= 0.6 is 0 Å². The first-order valence-corrected chi connectivity index (χ1v) is 15.7. The van der Waals surface area contributed by atoms with Gasteiger partial charge in [-0.3, -0.25) is 13.9 Å². The standard InChI is InChI=1S/C32H31FN4O5S/c1-5-37(43(4,40)41)26-17-27-25(28(31(39)35-3)29(42-27)19-9-13-23(33)14-10-19)16-24(26)20-7-6-8-21(15-20)30(38)36-32(2,18-34)22-11-12-22/h6-10,13-17,22H,5,11-12H2,1-4H3,(H,35,39)(H,36,38). The van der Waals surface area contributed by atoms with Crippen LogP contribution in [0, 0.1) is 23.1 Å². The van der Waals surface area contributed by atoms with Crippen molar-refractivity contribution in [3.8, 4) is 28.5 Å². The first-order valence-electron chi connectivity index (χ1n) is 13.8. The summed E-state index contributed by atoms with van der Waals surface area (Å²) in [5, 5.41) is 15.6. The fourth-order valence-corrected chi connectivity index (χ4v) is 6.30. The van der Waals surface area contributed by atoms with Crippen LogP contribution < -0.4 is 14.9 Å². The zero-order valence-electron chi connectivity index (χ0n) is 24.2. The number of fused-ring (bicyclic) bond motifs is 1. The van der Waals surface area contributed by atoms with Crippen molar-refractivity contribution in [2.75, 3.05) is 24.2 Å². The second kappa shape index (κ2) is 11.2. The van der Waals surface area contributed by atoms with Crippen LogP contribution in [0.5, 0.6) is 0 Å². The second-order valence-electron chi connectivity index (χ2n) is 10.8. The van der Waals surface area contributed by atoms with Gasteiger partial charge in [-0.15, -0.1) is 0 Å². The molecule has 0 radical (unpaired) electrons. The molecule has 0 spiro atoms. The number of rotatable bonds is 9. The van der Waals surface area contributed by atoms with Gasteiger partial charge < -0.3 is 15.1 Å². The van der Waals surface area contributed by atoms with Gasteiger partial charge in [-0.1, -0.05) is 12.1 Å². The molecule has 1 aliphatic rings. The molecule has 1 saturated carbocycles. The number of nitrogens with zero attached hydrogens (tertiary/aromatic N) is 2. The summed E-state index contributed by atoms with van der Waals surface area (Å²) in [5.41, 5.74) is 1.45. The molecule has 43 heavy (non-hydrogen) atoms. The fourth-order valence-electron chi connectivity index (χ4n) is 5.33. The Bertz CT molecular complexity index is 1890. The van der Waals surface area contributed by atoms with Crippen LogP contribution in [0.4, 0.5) is 10.1 Å². The minimum Gasteiger partial charge on any atom is -0.455 e. The summed E-state index contributed by atoms with van der Waals surface area (Å²) >= 11 is 0. The zero-order chi connectivity index (χ0) is 31.1. The van der Waals surface area contributed by atoms with Gasteiger partial charge in [0.2, 0.25) is 10.0 Å². The van der Waals surface area contributed by atoms with Crippen LogP contribution in [-0.4, -0.2) is 45.6 Å². The van der Waals surface area contributed by atoms with Crippen LogP contribution in [0.2, 0.25) is 0 Å². The van der Waals surface area contributed by atoms with Gasteiger partial charge in [0, 0.05) is 41.7 Å².